The minimum atomic E-state index is -0.373. The van der Waals surface area contributed by atoms with Gasteiger partial charge >= 0.3 is 11.9 Å². The first-order valence-electron chi connectivity index (χ1n) is 10.6. The van der Waals surface area contributed by atoms with Gasteiger partial charge in [-0.05, 0) is 60.6 Å². The van der Waals surface area contributed by atoms with E-state index in [1.165, 1.54) is 39.0 Å². The summed E-state index contributed by atoms with van der Waals surface area (Å²) in [6, 6.07) is 13.3. The molecule has 2 aromatic carbocycles. The average molecular weight is 491 g/mol. The third-order valence-electron chi connectivity index (χ3n) is 5.11. The molecule has 0 aliphatic heterocycles. The molecule has 0 bridgehead atoms. The second-order valence-electron chi connectivity index (χ2n) is 7.30. The number of halogens is 1. The lowest BCUT2D eigenvalue weighted by atomic mass is 9.97. The van der Waals surface area contributed by atoms with Gasteiger partial charge in [0.25, 0.3) is 0 Å². The number of carbonyl (C=O) groups excluding carboxylic acids is 2. The summed E-state index contributed by atoms with van der Waals surface area (Å²) in [6.07, 6.45) is 6.50. The smallest absolute Gasteiger partial charge is 0.337 e. The van der Waals surface area contributed by atoms with Gasteiger partial charge in [0.05, 0.1) is 19.8 Å². The number of unbranched alkanes of at least 4 members (excludes halogenated alkanes) is 3. The highest BCUT2D eigenvalue weighted by Gasteiger charge is 2.13. The number of rotatable bonds is 13. The van der Waals surface area contributed by atoms with Crippen LogP contribution in [0.15, 0.2) is 42.5 Å². The van der Waals surface area contributed by atoms with E-state index < -0.39 is 0 Å². The first-order valence-corrected chi connectivity index (χ1v) is 11.7. The summed E-state index contributed by atoms with van der Waals surface area (Å²) in [5, 5.41) is 1.04. The highest BCUT2D eigenvalue weighted by atomic mass is 79.9. The summed E-state index contributed by atoms with van der Waals surface area (Å²) < 4.78 is 15.7. The molecule has 5 nitrogen and oxygen atoms in total. The van der Waals surface area contributed by atoms with Crippen LogP contribution >= 0.6 is 15.9 Å². The molecule has 31 heavy (non-hydrogen) atoms. The molecule has 0 saturated heterocycles. The molecule has 0 N–H and O–H groups in total. The molecule has 0 saturated carbocycles. The van der Waals surface area contributed by atoms with Gasteiger partial charge in [0.15, 0.2) is 0 Å². The van der Waals surface area contributed by atoms with E-state index in [1.807, 2.05) is 24.3 Å². The van der Waals surface area contributed by atoms with Crippen LogP contribution in [0.1, 0.15) is 59.2 Å². The van der Waals surface area contributed by atoms with E-state index in [-0.39, 0.29) is 11.9 Å². The predicted octanol–water partition coefficient (Wildman–Crippen LogP) is 5.66. The van der Waals surface area contributed by atoms with Crippen LogP contribution < -0.4 is 4.74 Å². The summed E-state index contributed by atoms with van der Waals surface area (Å²) in [5.74, 6) is 0.164. The van der Waals surface area contributed by atoms with Crippen LogP contribution in [0.2, 0.25) is 0 Å². The predicted molar refractivity (Wildman–Crippen MR) is 125 cm³/mol. The molecule has 0 unspecified atom stereocenters. The van der Waals surface area contributed by atoms with Gasteiger partial charge in [-0.3, -0.25) is 4.79 Å². The molecule has 0 aliphatic rings. The number of hydrogen-bond donors (Lipinski definition) is 0. The van der Waals surface area contributed by atoms with Gasteiger partial charge in [0.2, 0.25) is 0 Å². The Labute approximate surface area is 193 Å². The minimum absolute atomic E-state index is 0.233. The highest BCUT2D eigenvalue weighted by molar-refractivity contribution is 9.09. The Hall–Kier alpha value is -2.34. The van der Waals surface area contributed by atoms with Crippen molar-refractivity contribution in [2.24, 2.45) is 0 Å². The van der Waals surface area contributed by atoms with Crippen molar-refractivity contribution in [2.75, 3.05) is 19.5 Å². The maximum atomic E-state index is 11.8. The Bertz CT molecular complexity index is 850. The molecule has 0 radical (unpaired) electrons. The quantitative estimate of drug-likeness (QED) is 0.206. The van der Waals surface area contributed by atoms with Gasteiger partial charge in [-0.15, -0.1) is 0 Å². The van der Waals surface area contributed by atoms with Gasteiger partial charge in [-0.2, -0.15) is 0 Å². The van der Waals surface area contributed by atoms with E-state index in [1.54, 1.807) is 12.1 Å². The van der Waals surface area contributed by atoms with E-state index in [9.17, 15) is 9.59 Å². The van der Waals surface area contributed by atoms with Crippen molar-refractivity contribution >= 4 is 27.9 Å². The molecule has 168 valence electrons. The van der Waals surface area contributed by atoms with Crippen molar-refractivity contribution in [3.63, 3.8) is 0 Å². The van der Waals surface area contributed by atoms with Crippen molar-refractivity contribution in [3.05, 3.63) is 64.7 Å². The fourth-order valence-corrected chi connectivity index (χ4v) is 3.82. The zero-order chi connectivity index (χ0) is 22.5. The molecule has 6 heteroatoms. The highest BCUT2D eigenvalue weighted by Crippen LogP contribution is 2.27. The van der Waals surface area contributed by atoms with E-state index in [4.69, 9.17) is 14.2 Å². The maximum Gasteiger partial charge on any atom is 0.337 e. The average Bonchev–Trinajstić information content (AvgIpc) is 2.81. The van der Waals surface area contributed by atoms with E-state index in [2.05, 4.69) is 22.0 Å². The van der Waals surface area contributed by atoms with Gasteiger partial charge in [0, 0.05) is 11.8 Å². The second kappa shape index (κ2) is 13.9. The van der Waals surface area contributed by atoms with Crippen molar-refractivity contribution in [1.29, 1.82) is 0 Å². The van der Waals surface area contributed by atoms with Gasteiger partial charge < -0.3 is 14.2 Å². The molecular weight excluding hydrogens is 460 g/mol. The number of methoxy groups -OCH3 is 2. The molecule has 0 aromatic heterocycles. The first-order chi connectivity index (χ1) is 15.1. The number of aryl methyl sites for hydroxylation is 1. The number of hydrogen-bond acceptors (Lipinski definition) is 5. The van der Waals surface area contributed by atoms with Crippen molar-refractivity contribution in [1.82, 2.24) is 0 Å². The van der Waals surface area contributed by atoms with Gasteiger partial charge in [0.1, 0.15) is 12.4 Å². The van der Waals surface area contributed by atoms with Crippen LogP contribution in [-0.2, 0) is 33.7 Å². The third-order valence-corrected chi connectivity index (χ3v) is 5.67. The van der Waals surface area contributed by atoms with Crippen LogP contribution in [-0.4, -0.2) is 31.5 Å². The van der Waals surface area contributed by atoms with Gasteiger partial charge in [-0.25, -0.2) is 4.79 Å². The number of ether oxygens (including phenoxy) is 3. The maximum absolute atomic E-state index is 11.8. The second-order valence-corrected chi connectivity index (χ2v) is 8.10. The lowest BCUT2D eigenvalue weighted by Gasteiger charge is -2.16. The van der Waals surface area contributed by atoms with Gasteiger partial charge in [-0.1, -0.05) is 53.0 Å². The Morgan fingerprint density at radius 3 is 2.42 bits per heavy atom. The lowest BCUT2D eigenvalue weighted by molar-refractivity contribution is -0.140. The van der Waals surface area contributed by atoms with Crippen LogP contribution in [0.25, 0.3) is 0 Å². The SMILES string of the molecule is COC(=O)CCc1c(CCCCCCBr)cccc1OCc1cccc(C(=O)OC)c1. The standard InChI is InChI=1S/C25H31BrO5/c1-29-24(27)15-14-22-20(10-5-3-4-6-16-26)11-8-13-23(22)31-18-19-9-7-12-21(17-19)25(28)30-2/h7-9,11-13,17H,3-6,10,14-16,18H2,1-2H3. The monoisotopic (exact) mass is 490 g/mol. The molecular formula is C25H31BrO5. The van der Waals surface area contributed by atoms with E-state index in [0.29, 0.717) is 25.0 Å². The van der Waals surface area contributed by atoms with E-state index >= 15 is 0 Å². The Morgan fingerprint density at radius 2 is 1.68 bits per heavy atom. The molecule has 2 aromatic rings. The first kappa shape index (κ1) is 24.9. The fourth-order valence-electron chi connectivity index (χ4n) is 3.42. The summed E-state index contributed by atoms with van der Waals surface area (Å²) in [4.78, 5) is 23.5. The Balaban J connectivity index is 2.13. The molecule has 0 spiro atoms. The normalized spacial score (nSPS) is 10.5. The van der Waals surface area contributed by atoms with E-state index in [0.717, 1.165) is 35.0 Å². The summed E-state index contributed by atoms with van der Waals surface area (Å²) >= 11 is 3.48. The van der Waals surface area contributed by atoms with Crippen LogP contribution in [0.3, 0.4) is 0 Å². The number of benzene rings is 2. The summed E-state index contributed by atoms with van der Waals surface area (Å²) in [6.45, 7) is 0.324. The van der Waals surface area contributed by atoms with Crippen LogP contribution in [0.5, 0.6) is 5.75 Å². The third kappa shape index (κ3) is 8.37. The Morgan fingerprint density at radius 1 is 0.903 bits per heavy atom. The summed E-state index contributed by atoms with van der Waals surface area (Å²) in [5.41, 5.74) is 3.63. The topological polar surface area (TPSA) is 61.8 Å². The molecule has 0 aliphatic carbocycles. The minimum Gasteiger partial charge on any atom is -0.489 e. The Kier molecular flexibility index (Phi) is 11.1. The zero-order valence-corrected chi connectivity index (χ0v) is 19.9. The van der Waals surface area contributed by atoms with Crippen molar-refractivity contribution in [2.45, 2.75) is 51.6 Å². The summed E-state index contributed by atoms with van der Waals surface area (Å²) in [7, 11) is 2.77. The van der Waals surface area contributed by atoms with Crippen LogP contribution in [0, 0.1) is 0 Å². The molecule has 0 heterocycles. The molecule has 2 rings (SSSR count). The molecule has 0 amide bonds. The molecule has 0 fully saturated rings. The number of alkyl halides is 1. The number of esters is 2. The van der Waals surface area contributed by atoms with Crippen LogP contribution in [0.4, 0.5) is 0 Å². The van der Waals surface area contributed by atoms with Crippen molar-refractivity contribution in [3.8, 4) is 5.75 Å². The van der Waals surface area contributed by atoms with Crippen molar-refractivity contribution < 1.29 is 23.8 Å². The zero-order valence-electron chi connectivity index (χ0n) is 18.3. The fraction of sp³-hybridized carbons (Fsp3) is 0.440. The lowest BCUT2D eigenvalue weighted by Crippen LogP contribution is -2.07. The molecule has 0 atom stereocenters. The largest absolute Gasteiger partial charge is 0.489 e. The number of carbonyl (C=O) groups is 2.